The van der Waals surface area contributed by atoms with E-state index in [-0.39, 0.29) is 11.5 Å². The first-order valence-corrected chi connectivity index (χ1v) is 8.36. The highest BCUT2D eigenvalue weighted by atomic mass is 32.2. The van der Waals surface area contributed by atoms with Crippen molar-refractivity contribution in [2.24, 2.45) is 5.41 Å². The summed E-state index contributed by atoms with van der Waals surface area (Å²) in [6, 6.07) is 7.20. The molecule has 1 unspecified atom stereocenters. The molecule has 1 aliphatic carbocycles. The van der Waals surface area contributed by atoms with Crippen LogP contribution in [0.3, 0.4) is 0 Å². The predicted molar refractivity (Wildman–Crippen MR) is 77.5 cm³/mol. The van der Waals surface area contributed by atoms with Crippen LogP contribution in [-0.2, 0) is 10.0 Å². The summed E-state index contributed by atoms with van der Waals surface area (Å²) in [6.07, 6.45) is 4.12. The second-order valence-corrected chi connectivity index (χ2v) is 8.03. The highest BCUT2D eigenvalue weighted by molar-refractivity contribution is 7.89. The average molecular weight is 281 g/mol. The summed E-state index contributed by atoms with van der Waals surface area (Å²) in [4.78, 5) is 0.401. The lowest BCUT2D eigenvalue weighted by atomic mass is 9.75. The summed E-state index contributed by atoms with van der Waals surface area (Å²) in [5.74, 6) is 0. The number of benzene rings is 1. The minimum absolute atomic E-state index is 0.0633. The van der Waals surface area contributed by atoms with E-state index in [0.29, 0.717) is 4.90 Å². The Morgan fingerprint density at radius 3 is 2.58 bits per heavy atom. The normalized spacial score (nSPS) is 23.2. The fraction of sp³-hybridized carbons (Fsp3) is 0.600. The summed E-state index contributed by atoms with van der Waals surface area (Å²) in [5.41, 5.74) is 1.03. The summed E-state index contributed by atoms with van der Waals surface area (Å²) in [6.45, 7) is 6.25. The van der Waals surface area contributed by atoms with Crippen LogP contribution in [0.4, 0.5) is 0 Å². The third kappa shape index (κ3) is 3.57. The molecule has 4 heteroatoms. The van der Waals surface area contributed by atoms with Crippen molar-refractivity contribution in [3.63, 3.8) is 0 Å². The van der Waals surface area contributed by atoms with Crippen LogP contribution in [0.5, 0.6) is 0 Å². The van der Waals surface area contributed by atoms with Crippen LogP contribution in [0, 0.1) is 12.3 Å². The van der Waals surface area contributed by atoms with Crippen LogP contribution in [0.2, 0.25) is 0 Å². The van der Waals surface area contributed by atoms with E-state index in [2.05, 4.69) is 18.6 Å². The number of aryl methyl sites for hydroxylation is 1. The van der Waals surface area contributed by atoms with Crippen molar-refractivity contribution in [1.82, 2.24) is 4.72 Å². The summed E-state index contributed by atoms with van der Waals surface area (Å²) < 4.78 is 27.7. The molecule has 1 atom stereocenters. The fourth-order valence-corrected chi connectivity index (χ4v) is 4.46. The van der Waals surface area contributed by atoms with E-state index >= 15 is 0 Å². The first-order chi connectivity index (χ1) is 8.80. The van der Waals surface area contributed by atoms with Crippen molar-refractivity contribution < 1.29 is 8.42 Å². The Morgan fingerprint density at radius 1 is 1.26 bits per heavy atom. The lowest BCUT2D eigenvalue weighted by Crippen LogP contribution is -2.40. The summed E-state index contributed by atoms with van der Waals surface area (Å²) >= 11 is 0. The molecule has 0 aliphatic heterocycles. The van der Waals surface area contributed by atoms with Crippen molar-refractivity contribution in [2.45, 2.75) is 57.4 Å². The Bertz CT molecular complexity index is 549. The van der Waals surface area contributed by atoms with E-state index in [1.165, 1.54) is 6.42 Å². The minimum atomic E-state index is -3.39. The molecule has 19 heavy (non-hydrogen) atoms. The van der Waals surface area contributed by atoms with Gasteiger partial charge in [-0.05, 0) is 43.2 Å². The molecular weight excluding hydrogens is 258 g/mol. The van der Waals surface area contributed by atoms with Gasteiger partial charge in [-0.15, -0.1) is 0 Å². The lowest BCUT2D eigenvalue weighted by molar-refractivity contribution is 0.212. The van der Waals surface area contributed by atoms with Crippen LogP contribution < -0.4 is 4.72 Å². The number of rotatable bonds is 3. The molecule has 0 amide bonds. The molecular formula is C15H23NO2S. The molecule has 1 aromatic rings. The Hall–Kier alpha value is -0.870. The molecule has 0 heterocycles. The average Bonchev–Trinajstić information content (AvgIpc) is 2.27. The zero-order valence-electron chi connectivity index (χ0n) is 11.9. The highest BCUT2D eigenvalue weighted by Crippen LogP contribution is 2.35. The van der Waals surface area contributed by atoms with E-state index in [1.807, 2.05) is 19.1 Å². The van der Waals surface area contributed by atoms with Gasteiger partial charge in [0.15, 0.2) is 0 Å². The molecule has 3 nitrogen and oxygen atoms in total. The van der Waals surface area contributed by atoms with Gasteiger partial charge in [0, 0.05) is 6.04 Å². The summed E-state index contributed by atoms with van der Waals surface area (Å²) in [7, 11) is -3.39. The van der Waals surface area contributed by atoms with Gasteiger partial charge in [0.25, 0.3) is 0 Å². The van der Waals surface area contributed by atoms with E-state index in [1.54, 1.807) is 12.1 Å². The van der Waals surface area contributed by atoms with Gasteiger partial charge in [-0.1, -0.05) is 38.5 Å². The molecule has 2 rings (SSSR count). The van der Waals surface area contributed by atoms with Crippen LogP contribution in [0.1, 0.15) is 45.1 Å². The first kappa shape index (κ1) is 14.5. The first-order valence-electron chi connectivity index (χ1n) is 6.88. The second kappa shape index (κ2) is 5.25. The van der Waals surface area contributed by atoms with E-state index in [0.717, 1.165) is 24.8 Å². The van der Waals surface area contributed by atoms with E-state index < -0.39 is 10.0 Å². The maximum Gasteiger partial charge on any atom is 0.241 e. The smallest absolute Gasteiger partial charge is 0.208 e. The molecule has 1 aromatic carbocycles. The fourth-order valence-electron chi connectivity index (χ4n) is 2.94. The van der Waals surface area contributed by atoms with Crippen molar-refractivity contribution in [1.29, 1.82) is 0 Å². The van der Waals surface area contributed by atoms with Gasteiger partial charge in [0.1, 0.15) is 0 Å². The largest absolute Gasteiger partial charge is 0.241 e. The van der Waals surface area contributed by atoms with Crippen molar-refractivity contribution in [2.75, 3.05) is 0 Å². The maximum absolute atomic E-state index is 12.4. The zero-order valence-corrected chi connectivity index (χ0v) is 12.8. The molecule has 0 aromatic heterocycles. The lowest BCUT2D eigenvalue weighted by Gasteiger charge is -2.35. The molecule has 106 valence electrons. The second-order valence-electron chi connectivity index (χ2n) is 6.34. The Balaban J connectivity index is 2.16. The van der Waals surface area contributed by atoms with Crippen LogP contribution >= 0.6 is 0 Å². The van der Waals surface area contributed by atoms with Crippen LogP contribution in [-0.4, -0.2) is 14.5 Å². The molecule has 1 fully saturated rings. The quantitative estimate of drug-likeness (QED) is 0.924. The minimum Gasteiger partial charge on any atom is -0.208 e. The third-order valence-electron chi connectivity index (χ3n) is 3.91. The van der Waals surface area contributed by atoms with E-state index in [9.17, 15) is 8.42 Å². The zero-order chi connectivity index (χ0) is 14.1. The van der Waals surface area contributed by atoms with Gasteiger partial charge in [-0.25, -0.2) is 13.1 Å². The molecule has 0 radical (unpaired) electrons. The van der Waals surface area contributed by atoms with Crippen molar-refractivity contribution in [3.8, 4) is 0 Å². The number of hydrogen-bond acceptors (Lipinski definition) is 2. The molecule has 0 spiro atoms. The van der Waals surface area contributed by atoms with Gasteiger partial charge in [-0.2, -0.15) is 0 Å². The van der Waals surface area contributed by atoms with Crippen LogP contribution in [0.15, 0.2) is 29.2 Å². The van der Waals surface area contributed by atoms with Gasteiger partial charge < -0.3 is 0 Å². The maximum atomic E-state index is 12.4. The summed E-state index contributed by atoms with van der Waals surface area (Å²) in [5, 5.41) is 0. The van der Waals surface area contributed by atoms with Gasteiger partial charge >= 0.3 is 0 Å². The van der Waals surface area contributed by atoms with Crippen molar-refractivity contribution >= 4 is 10.0 Å². The third-order valence-corrected chi connectivity index (χ3v) is 5.59. The molecule has 1 N–H and O–H groups in total. The van der Waals surface area contributed by atoms with Gasteiger partial charge in [0.05, 0.1) is 4.90 Å². The van der Waals surface area contributed by atoms with Crippen LogP contribution in [0.25, 0.3) is 0 Å². The molecule has 1 aliphatic rings. The molecule has 1 saturated carbocycles. The Kier molecular flexibility index (Phi) is 4.02. The number of nitrogens with one attached hydrogen (secondary N) is 1. The van der Waals surface area contributed by atoms with E-state index in [4.69, 9.17) is 0 Å². The Labute approximate surface area is 116 Å². The van der Waals surface area contributed by atoms with Gasteiger partial charge in [-0.3, -0.25) is 0 Å². The monoisotopic (exact) mass is 281 g/mol. The standard InChI is InChI=1S/C15H23NO2S/c1-12-7-4-5-9-14(12)19(17,18)16-13-8-6-10-15(2,3)11-13/h4-5,7,9,13,16H,6,8,10-11H2,1-3H3. The van der Waals surface area contributed by atoms with Gasteiger partial charge in [0.2, 0.25) is 10.0 Å². The topological polar surface area (TPSA) is 46.2 Å². The predicted octanol–water partition coefficient (Wildman–Crippen LogP) is 3.24. The number of hydrogen-bond donors (Lipinski definition) is 1. The SMILES string of the molecule is Cc1ccccc1S(=O)(=O)NC1CCCC(C)(C)C1. The highest BCUT2D eigenvalue weighted by Gasteiger charge is 2.31. The molecule has 0 bridgehead atoms. The van der Waals surface area contributed by atoms with Crippen molar-refractivity contribution in [3.05, 3.63) is 29.8 Å². The molecule has 0 saturated heterocycles. The number of sulfonamides is 1. The Morgan fingerprint density at radius 2 is 1.95 bits per heavy atom.